The molecule has 3 atom stereocenters. The van der Waals surface area contributed by atoms with Crippen LogP contribution in [0.15, 0.2) is 18.5 Å². The molecule has 1 N–H and O–H groups in total. The Kier molecular flexibility index (Phi) is 4.51. The minimum absolute atomic E-state index is 0.119. The second-order valence-electron chi connectivity index (χ2n) is 6.96. The van der Waals surface area contributed by atoms with Gasteiger partial charge >= 0.3 is 6.03 Å². The van der Waals surface area contributed by atoms with E-state index >= 15 is 0 Å². The van der Waals surface area contributed by atoms with Crippen molar-refractivity contribution in [2.45, 2.75) is 25.4 Å². The number of likely N-dealkylation sites (tertiary alicyclic amines) is 2. The van der Waals surface area contributed by atoms with Gasteiger partial charge in [-0.25, -0.2) is 14.8 Å². The fourth-order valence-electron chi connectivity index (χ4n) is 4.10. The van der Waals surface area contributed by atoms with Gasteiger partial charge in [0, 0.05) is 51.0 Å². The third-order valence-corrected chi connectivity index (χ3v) is 5.48. The summed E-state index contributed by atoms with van der Waals surface area (Å²) in [5.74, 6) is 1.60. The van der Waals surface area contributed by atoms with Gasteiger partial charge in [0.05, 0.1) is 12.7 Å². The molecule has 0 aromatic carbocycles. The van der Waals surface area contributed by atoms with Crippen LogP contribution in [0.2, 0.25) is 0 Å². The molecular formula is C17H25N5O2. The zero-order valence-corrected chi connectivity index (χ0v) is 13.9. The maximum atomic E-state index is 12.7. The Balaban J connectivity index is 1.35. The lowest BCUT2D eigenvalue weighted by Crippen LogP contribution is -2.50. The molecule has 3 aliphatic heterocycles. The lowest BCUT2D eigenvalue weighted by molar-refractivity contribution is 0.0855. The van der Waals surface area contributed by atoms with Crippen LogP contribution in [0.25, 0.3) is 0 Å². The van der Waals surface area contributed by atoms with Crippen LogP contribution in [0.1, 0.15) is 19.3 Å². The van der Waals surface area contributed by atoms with Gasteiger partial charge in [-0.05, 0) is 31.2 Å². The first-order valence-corrected chi connectivity index (χ1v) is 8.97. The van der Waals surface area contributed by atoms with Crippen LogP contribution in [0.3, 0.4) is 0 Å². The van der Waals surface area contributed by atoms with Crippen molar-refractivity contribution in [1.29, 1.82) is 0 Å². The number of carbonyl (C=O) groups is 1. The van der Waals surface area contributed by atoms with Crippen LogP contribution in [0, 0.1) is 11.8 Å². The highest BCUT2D eigenvalue weighted by Gasteiger charge is 2.42. The average Bonchev–Trinajstić information content (AvgIpc) is 3.30. The lowest BCUT2D eigenvalue weighted by atomic mass is 9.84. The van der Waals surface area contributed by atoms with Gasteiger partial charge in [-0.3, -0.25) is 0 Å². The summed E-state index contributed by atoms with van der Waals surface area (Å²) in [5, 5.41) is 3.26. The van der Waals surface area contributed by atoms with Gasteiger partial charge in [-0.1, -0.05) is 0 Å². The van der Waals surface area contributed by atoms with E-state index in [-0.39, 0.29) is 12.1 Å². The number of anilines is 1. The molecule has 7 heteroatoms. The van der Waals surface area contributed by atoms with Crippen LogP contribution in [-0.2, 0) is 4.74 Å². The number of carbonyl (C=O) groups excluding carboxylic acids is 1. The minimum Gasteiger partial charge on any atom is -0.376 e. The zero-order chi connectivity index (χ0) is 16.4. The molecule has 130 valence electrons. The second kappa shape index (κ2) is 6.93. The van der Waals surface area contributed by atoms with Gasteiger partial charge in [-0.15, -0.1) is 0 Å². The number of piperidine rings is 1. The van der Waals surface area contributed by atoms with Crippen LogP contribution in [0.4, 0.5) is 10.7 Å². The molecule has 4 rings (SSSR count). The van der Waals surface area contributed by atoms with Gasteiger partial charge in [0.1, 0.15) is 0 Å². The topological polar surface area (TPSA) is 70.6 Å². The van der Waals surface area contributed by atoms with Crippen molar-refractivity contribution in [2.24, 2.45) is 11.8 Å². The normalized spacial score (nSPS) is 29.6. The van der Waals surface area contributed by atoms with Crippen molar-refractivity contribution in [3.63, 3.8) is 0 Å². The van der Waals surface area contributed by atoms with E-state index in [1.807, 2.05) is 9.80 Å². The van der Waals surface area contributed by atoms with E-state index in [2.05, 4.69) is 15.3 Å². The highest BCUT2D eigenvalue weighted by molar-refractivity contribution is 5.74. The fraction of sp³-hybridized carbons (Fsp3) is 0.706. The Bertz CT molecular complexity index is 563. The quantitative estimate of drug-likeness (QED) is 0.907. The summed E-state index contributed by atoms with van der Waals surface area (Å²) in [4.78, 5) is 25.1. The zero-order valence-electron chi connectivity index (χ0n) is 13.9. The molecule has 3 fully saturated rings. The van der Waals surface area contributed by atoms with E-state index in [4.69, 9.17) is 4.74 Å². The van der Waals surface area contributed by atoms with Gasteiger partial charge in [0.2, 0.25) is 5.95 Å². The molecule has 4 heterocycles. The van der Waals surface area contributed by atoms with E-state index in [9.17, 15) is 4.79 Å². The van der Waals surface area contributed by atoms with Gasteiger partial charge in [0.15, 0.2) is 0 Å². The van der Waals surface area contributed by atoms with Crippen molar-refractivity contribution in [2.75, 3.05) is 44.6 Å². The monoisotopic (exact) mass is 331 g/mol. The summed E-state index contributed by atoms with van der Waals surface area (Å²) in [7, 11) is 0. The molecule has 1 aromatic rings. The van der Waals surface area contributed by atoms with E-state index in [0.29, 0.717) is 24.3 Å². The predicted octanol–water partition coefficient (Wildman–Crippen LogP) is 1.44. The number of nitrogens with one attached hydrogen (secondary N) is 1. The Hall–Kier alpha value is -1.89. The van der Waals surface area contributed by atoms with Crippen LogP contribution in [-0.4, -0.2) is 71.2 Å². The Morgan fingerprint density at radius 1 is 1.21 bits per heavy atom. The van der Waals surface area contributed by atoms with Gasteiger partial charge < -0.3 is 19.9 Å². The first kappa shape index (κ1) is 15.6. The highest BCUT2D eigenvalue weighted by Crippen LogP contribution is 2.34. The van der Waals surface area contributed by atoms with E-state index in [1.54, 1.807) is 18.5 Å². The third kappa shape index (κ3) is 3.17. The number of urea groups is 1. The van der Waals surface area contributed by atoms with Crippen molar-refractivity contribution in [3.05, 3.63) is 18.5 Å². The summed E-state index contributed by atoms with van der Waals surface area (Å²) in [6, 6.07) is 2.02. The largest absolute Gasteiger partial charge is 0.376 e. The standard InChI is InChI=1S/C17H25N5O2/c23-17(21-7-1-2-8-21)22-9-4-13-12-24-15(14(13)11-22)10-20-16-18-5-3-6-19-16/h3,5-6,13-15H,1-2,4,7-12H2,(H,18,19,20)/t13-,14-,15+/m0/s1. The Labute approximate surface area is 142 Å². The number of nitrogens with zero attached hydrogens (tertiary/aromatic N) is 4. The van der Waals surface area contributed by atoms with Crippen LogP contribution >= 0.6 is 0 Å². The number of fused-ring (bicyclic) bond motifs is 1. The molecule has 0 radical (unpaired) electrons. The average molecular weight is 331 g/mol. The number of amides is 2. The highest BCUT2D eigenvalue weighted by atomic mass is 16.5. The maximum Gasteiger partial charge on any atom is 0.320 e. The molecular weight excluding hydrogens is 306 g/mol. The van der Waals surface area contributed by atoms with Crippen molar-refractivity contribution >= 4 is 12.0 Å². The van der Waals surface area contributed by atoms with Crippen LogP contribution in [0.5, 0.6) is 0 Å². The predicted molar refractivity (Wildman–Crippen MR) is 89.6 cm³/mol. The first-order chi connectivity index (χ1) is 11.8. The fourth-order valence-corrected chi connectivity index (χ4v) is 4.10. The van der Waals surface area contributed by atoms with Gasteiger partial charge in [0.25, 0.3) is 0 Å². The third-order valence-electron chi connectivity index (χ3n) is 5.48. The van der Waals surface area contributed by atoms with Crippen molar-refractivity contribution in [3.8, 4) is 0 Å². The number of aromatic nitrogens is 2. The number of rotatable bonds is 3. The second-order valence-corrected chi connectivity index (χ2v) is 6.96. The molecule has 2 amide bonds. The number of hydrogen-bond acceptors (Lipinski definition) is 5. The SMILES string of the molecule is O=C(N1CCCC1)N1CC[C@H]2CO[C@H](CNc3ncccn3)[C@H]2C1. The molecule has 0 spiro atoms. The molecule has 0 unspecified atom stereocenters. The van der Waals surface area contributed by atoms with E-state index in [1.165, 1.54) is 0 Å². The molecule has 3 aliphatic rings. The number of ether oxygens (including phenoxy) is 1. The lowest BCUT2D eigenvalue weighted by Gasteiger charge is -2.37. The van der Waals surface area contributed by atoms with Gasteiger partial charge in [-0.2, -0.15) is 0 Å². The molecule has 0 bridgehead atoms. The molecule has 3 saturated heterocycles. The van der Waals surface area contributed by atoms with E-state index < -0.39 is 0 Å². The molecule has 0 saturated carbocycles. The summed E-state index contributed by atoms with van der Waals surface area (Å²) in [5.41, 5.74) is 0. The minimum atomic E-state index is 0.119. The first-order valence-electron chi connectivity index (χ1n) is 8.97. The molecule has 0 aliphatic carbocycles. The van der Waals surface area contributed by atoms with Crippen molar-refractivity contribution < 1.29 is 9.53 Å². The molecule has 24 heavy (non-hydrogen) atoms. The van der Waals surface area contributed by atoms with E-state index in [0.717, 1.165) is 52.0 Å². The van der Waals surface area contributed by atoms with Crippen LogP contribution < -0.4 is 5.32 Å². The summed E-state index contributed by atoms with van der Waals surface area (Å²) in [6.45, 7) is 4.99. The summed E-state index contributed by atoms with van der Waals surface area (Å²) < 4.78 is 6.01. The maximum absolute atomic E-state index is 12.7. The number of hydrogen-bond donors (Lipinski definition) is 1. The Morgan fingerprint density at radius 2 is 2.00 bits per heavy atom. The molecule has 7 nitrogen and oxygen atoms in total. The summed E-state index contributed by atoms with van der Waals surface area (Å²) in [6.07, 6.45) is 6.89. The molecule has 1 aromatic heterocycles. The summed E-state index contributed by atoms with van der Waals surface area (Å²) >= 11 is 0. The van der Waals surface area contributed by atoms with Crippen molar-refractivity contribution in [1.82, 2.24) is 19.8 Å². The smallest absolute Gasteiger partial charge is 0.320 e. The Morgan fingerprint density at radius 3 is 2.79 bits per heavy atom.